The Morgan fingerprint density at radius 3 is 2.04 bits per heavy atom. The Bertz CT molecular complexity index is 608. The lowest BCUT2D eigenvalue weighted by molar-refractivity contribution is 0.00578. The zero-order valence-electron chi connectivity index (χ0n) is 14.0. The Labute approximate surface area is 136 Å². The summed E-state index contributed by atoms with van der Waals surface area (Å²) < 4.78 is 40.0. The van der Waals surface area contributed by atoms with E-state index in [9.17, 15) is 4.39 Å². The number of rotatable bonds is 3. The summed E-state index contributed by atoms with van der Waals surface area (Å²) in [5, 5.41) is 3.14. The molecule has 2 heterocycles. The lowest BCUT2D eigenvalue weighted by atomic mass is 9.77. The van der Waals surface area contributed by atoms with E-state index in [4.69, 9.17) is 9.31 Å². The third kappa shape index (κ3) is 2.95. The van der Waals surface area contributed by atoms with Gasteiger partial charge >= 0.3 is 7.12 Å². The molecule has 2 aliphatic heterocycles. The fraction of sp³-hybridized carbons (Fsp3) is 0.529. The van der Waals surface area contributed by atoms with Gasteiger partial charge in [-0.3, -0.25) is 0 Å². The summed E-state index contributed by atoms with van der Waals surface area (Å²) in [5.41, 5.74) is -0.393. The summed E-state index contributed by atoms with van der Waals surface area (Å²) in [6, 6.07) is 5.90. The molecule has 0 unspecified atom stereocenters. The first kappa shape index (κ1) is 16.6. The van der Waals surface area contributed by atoms with Gasteiger partial charge in [-0.05, 0) is 51.0 Å². The summed E-state index contributed by atoms with van der Waals surface area (Å²) in [7, 11) is -1.03. The van der Waals surface area contributed by atoms with Crippen LogP contribution in [0.5, 0.6) is 0 Å². The Morgan fingerprint density at radius 2 is 1.61 bits per heavy atom. The molecule has 0 atom stereocenters. The lowest BCUT2D eigenvalue weighted by Crippen LogP contribution is -2.43. The van der Waals surface area contributed by atoms with Crippen LogP contribution in [0.2, 0.25) is 0 Å². The summed E-state index contributed by atoms with van der Waals surface area (Å²) in [6.45, 7) is 8.95. The van der Waals surface area contributed by atoms with Gasteiger partial charge in [0, 0.05) is 19.0 Å². The minimum Gasteiger partial charge on any atom is -0.398 e. The average molecular weight is 321 g/mol. The maximum absolute atomic E-state index is 15.2. The van der Waals surface area contributed by atoms with Gasteiger partial charge in [-0.15, -0.1) is 0 Å². The Balaban J connectivity index is 1.98. The van der Waals surface area contributed by atoms with Crippen molar-refractivity contribution in [2.75, 3.05) is 13.1 Å². The lowest BCUT2D eigenvalue weighted by Gasteiger charge is -2.32. The predicted molar refractivity (Wildman–Crippen MR) is 86.9 cm³/mol. The monoisotopic (exact) mass is 321 g/mol. The molecule has 3 rings (SSSR count). The van der Waals surface area contributed by atoms with Crippen molar-refractivity contribution in [2.45, 2.75) is 38.9 Å². The van der Waals surface area contributed by atoms with Crippen LogP contribution >= 0.6 is 0 Å². The molecule has 1 aromatic carbocycles. The zero-order chi connectivity index (χ0) is 16.8. The van der Waals surface area contributed by atoms with E-state index in [0.717, 1.165) is 0 Å². The molecule has 0 radical (unpaired) electrons. The molecule has 1 aromatic rings. The van der Waals surface area contributed by atoms with Gasteiger partial charge in [0.2, 0.25) is 0 Å². The van der Waals surface area contributed by atoms with Crippen LogP contribution < -0.4 is 5.32 Å². The maximum atomic E-state index is 15.2. The number of hydrogen-bond acceptors (Lipinski definition) is 3. The Morgan fingerprint density at radius 1 is 1.09 bits per heavy atom. The van der Waals surface area contributed by atoms with Gasteiger partial charge in [0.1, 0.15) is 11.5 Å². The van der Waals surface area contributed by atoms with E-state index in [0.29, 0.717) is 24.2 Å². The third-order valence-electron chi connectivity index (χ3n) is 5.06. The van der Waals surface area contributed by atoms with E-state index < -0.39 is 24.0 Å². The van der Waals surface area contributed by atoms with Gasteiger partial charge < -0.3 is 14.6 Å². The molecule has 2 saturated heterocycles. The number of benzene rings is 1. The van der Waals surface area contributed by atoms with Crippen molar-refractivity contribution in [3.05, 3.63) is 41.4 Å². The summed E-state index contributed by atoms with van der Waals surface area (Å²) in [4.78, 5) is 0. The van der Waals surface area contributed by atoms with E-state index in [1.54, 1.807) is 12.1 Å². The van der Waals surface area contributed by atoms with Gasteiger partial charge in [-0.2, -0.15) is 0 Å². The van der Waals surface area contributed by atoms with Gasteiger partial charge in [-0.25, -0.2) is 8.78 Å². The van der Waals surface area contributed by atoms with Crippen LogP contribution in [-0.2, 0) is 9.31 Å². The summed E-state index contributed by atoms with van der Waals surface area (Å²) >= 11 is 0. The third-order valence-corrected chi connectivity index (χ3v) is 5.06. The van der Waals surface area contributed by atoms with Crippen LogP contribution in [-0.4, -0.2) is 31.4 Å². The van der Waals surface area contributed by atoms with Crippen molar-refractivity contribution >= 4 is 12.7 Å². The first-order chi connectivity index (χ1) is 10.7. The second-order valence-electron chi connectivity index (χ2n) is 7.21. The Hall–Kier alpha value is -1.24. The predicted octanol–water partition coefficient (Wildman–Crippen LogP) is 3.36. The van der Waals surface area contributed by atoms with E-state index in [1.165, 1.54) is 12.1 Å². The van der Waals surface area contributed by atoms with Crippen LogP contribution in [0.1, 0.15) is 33.3 Å². The van der Waals surface area contributed by atoms with Crippen molar-refractivity contribution in [1.82, 2.24) is 5.32 Å². The highest BCUT2D eigenvalue weighted by Gasteiger charge is 2.54. The molecule has 124 valence electrons. The molecule has 0 aliphatic carbocycles. The van der Waals surface area contributed by atoms with E-state index in [-0.39, 0.29) is 11.7 Å². The highest BCUT2D eigenvalue weighted by atomic mass is 19.1. The van der Waals surface area contributed by atoms with Crippen molar-refractivity contribution in [1.29, 1.82) is 0 Å². The molecule has 3 nitrogen and oxygen atoms in total. The van der Waals surface area contributed by atoms with Gasteiger partial charge in [0.15, 0.2) is 0 Å². The number of halogens is 2. The molecule has 0 amide bonds. The Kier molecular flexibility index (Phi) is 4.11. The largest absolute Gasteiger partial charge is 0.525 e. The average Bonchev–Trinajstić information content (AvgIpc) is 2.63. The van der Waals surface area contributed by atoms with Crippen LogP contribution in [0.4, 0.5) is 8.78 Å². The van der Waals surface area contributed by atoms with Gasteiger partial charge in [0.25, 0.3) is 0 Å². The fourth-order valence-corrected chi connectivity index (χ4v) is 2.76. The zero-order valence-corrected chi connectivity index (χ0v) is 14.0. The first-order valence-electron chi connectivity index (χ1n) is 7.93. The first-order valence-corrected chi connectivity index (χ1v) is 7.93. The molecule has 6 heteroatoms. The topological polar surface area (TPSA) is 30.5 Å². The molecule has 1 N–H and O–H groups in total. The van der Waals surface area contributed by atoms with Crippen LogP contribution in [0.15, 0.2) is 30.0 Å². The molecule has 0 aromatic heterocycles. The highest BCUT2D eigenvalue weighted by molar-refractivity contribution is 6.55. The molecule has 0 saturated carbocycles. The highest BCUT2D eigenvalue weighted by Crippen LogP contribution is 2.41. The van der Waals surface area contributed by atoms with Gasteiger partial charge in [-0.1, -0.05) is 12.1 Å². The molecule has 2 aliphatic rings. The van der Waals surface area contributed by atoms with E-state index >= 15 is 4.39 Å². The SMILES string of the molecule is CC1(C)OB(C(F)=C(c2ccc(F)cc2)C2CNC2)OC1(C)C. The molecule has 0 spiro atoms. The standard InChI is InChI=1S/C17H22BF2NO2/c1-16(2)17(3,4)23-18(22-16)15(20)14(12-9-21-10-12)11-5-7-13(19)8-6-11/h5-8,12,21H,9-10H2,1-4H3. The smallest absolute Gasteiger partial charge is 0.398 e. The second kappa shape index (κ2) is 5.69. The molecular formula is C17H22BF2NO2. The molecule has 0 bridgehead atoms. The fourth-order valence-electron chi connectivity index (χ4n) is 2.76. The minimum absolute atomic E-state index is 0.0412. The quantitative estimate of drug-likeness (QED) is 0.866. The van der Waals surface area contributed by atoms with Crippen molar-refractivity contribution in [3.8, 4) is 0 Å². The van der Waals surface area contributed by atoms with E-state index in [1.807, 2.05) is 27.7 Å². The van der Waals surface area contributed by atoms with E-state index in [2.05, 4.69) is 5.32 Å². The van der Waals surface area contributed by atoms with Crippen molar-refractivity contribution in [2.24, 2.45) is 5.92 Å². The summed E-state index contributed by atoms with van der Waals surface area (Å²) in [5.74, 6) is -0.296. The minimum atomic E-state index is -1.03. The van der Waals surface area contributed by atoms with Crippen LogP contribution in [0, 0.1) is 11.7 Å². The number of nitrogens with one attached hydrogen (secondary N) is 1. The number of hydrogen-bond donors (Lipinski definition) is 1. The molecule has 23 heavy (non-hydrogen) atoms. The van der Waals surface area contributed by atoms with Crippen molar-refractivity contribution in [3.63, 3.8) is 0 Å². The summed E-state index contributed by atoms with van der Waals surface area (Å²) in [6.07, 6.45) is 0. The molecular weight excluding hydrogens is 299 g/mol. The van der Waals surface area contributed by atoms with Crippen LogP contribution in [0.3, 0.4) is 0 Å². The molecule has 2 fully saturated rings. The van der Waals surface area contributed by atoms with Crippen LogP contribution in [0.25, 0.3) is 5.57 Å². The maximum Gasteiger partial charge on any atom is 0.525 e. The normalized spacial score (nSPS) is 24.3. The van der Waals surface area contributed by atoms with Gasteiger partial charge in [0.05, 0.1) is 11.2 Å². The second-order valence-corrected chi connectivity index (χ2v) is 7.21. The van der Waals surface area contributed by atoms with Crippen molar-refractivity contribution < 1.29 is 18.1 Å².